The van der Waals surface area contributed by atoms with Gasteiger partial charge in [0.15, 0.2) is 0 Å². The molecule has 1 amide bonds. The highest BCUT2D eigenvalue weighted by molar-refractivity contribution is 7.90. The molecule has 10 heteroatoms. The second kappa shape index (κ2) is 9.25. The topological polar surface area (TPSA) is 113 Å². The van der Waals surface area contributed by atoms with Crippen molar-refractivity contribution in [3.05, 3.63) is 53.7 Å². The zero-order valence-corrected chi connectivity index (χ0v) is 18.9. The number of pyridine rings is 1. The van der Waals surface area contributed by atoms with Crippen LogP contribution in [0, 0.1) is 5.92 Å². The number of morpholine rings is 1. The maximum absolute atomic E-state index is 12.9. The number of sulfonamides is 1. The number of hydrogen-bond donors (Lipinski definition) is 2. The summed E-state index contributed by atoms with van der Waals surface area (Å²) in [4.78, 5) is 24.2. The quantitative estimate of drug-likeness (QED) is 0.676. The second-order valence-corrected chi connectivity index (χ2v) is 9.76. The standard InChI is InChI=1S/C22H27N5O4S/c1-15(2)20(25-21-17-5-3-4-6-18(17)32(29,30)26-21)22(28)24-14-16-7-8-19(23-13-16)27-9-11-31-12-10-27/h3-8,13,15,20H,9-12,14H2,1-2H3,(H,24,28)(H,25,26)/t20-/m0/s1. The Hall–Kier alpha value is -2.98. The molecule has 0 spiro atoms. The fraction of sp³-hybridized carbons (Fsp3) is 0.409. The van der Waals surface area contributed by atoms with E-state index in [0.717, 1.165) is 24.5 Å². The first-order valence-corrected chi connectivity index (χ1v) is 12.1. The van der Waals surface area contributed by atoms with Crippen molar-refractivity contribution in [2.45, 2.75) is 31.3 Å². The molecule has 2 aromatic rings. The second-order valence-electron chi connectivity index (χ2n) is 8.11. The zero-order valence-electron chi connectivity index (χ0n) is 18.1. The Bertz CT molecular complexity index is 1110. The fourth-order valence-corrected chi connectivity index (χ4v) is 4.91. The largest absolute Gasteiger partial charge is 0.378 e. The van der Waals surface area contributed by atoms with Crippen molar-refractivity contribution < 1.29 is 17.9 Å². The van der Waals surface area contributed by atoms with Crippen LogP contribution in [0.4, 0.5) is 5.82 Å². The van der Waals surface area contributed by atoms with E-state index in [-0.39, 0.29) is 22.6 Å². The molecule has 1 aromatic heterocycles. The first-order valence-electron chi connectivity index (χ1n) is 10.6. The van der Waals surface area contributed by atoms with E-state index in [4.69, 9.17) is 4.74 Å². The van der Waals surface area contributed by atoms with Gasteiger partial charge in [-0.3, -0.25) is 14.5 Å². The van der Waals surface area contributed by atoms with Crippen LogP contribution in [0.1, 0.15) is 25.0 Å². The highest BCUT2D eigenvalue weighted by atomic mass is 32.2. The number of fused-ring (bicyclic) bond motifs is 1. The van der Waals surface area contributed by atoms with E-state index in [2.05, 4.69) is 24.9 Å². The summed E-state index contributed by atoms with van der Waals surface area (Å²) in [6.45, 7) is 7.08. The van der Waals surface area contributed by atoms with E-state index in [1.807, 2.05) is 26.0 Å². The van der Waals surface area contributed by atoms with Gasteiger partial charge in [-0.2, -0.15) is 0 Å². The van der Waals surface area contributed by atoms with E-state index < -0.39 is 16.1 Å². The predicted molar refractivity (Wildman–Crippen MR) is 121 cm³/mol. The monoisotopic (exact) mass is 457 g/mol. The first kappa shape index (κ1) is 22.2. The zero-order chi connectivity index (χ0) is 22.7. The number of nitrogens with one attached hydrogen (secondary N) is 2. The van der Waals surface area contributed by atoms with E-state index in [1.54, 1.807) is 24.4 Å². The van der Waals surface area contributed by atoms with Gasteiger partial charge < -0.3 is 15.0 Å². The van der Waals surface area contributed by atoms with Crippen molar-refractivity contribution in [2.24, 2.45) is 10.9 Å². The molecule has 0 bridgehead atoms. The summed E-state index contributed by atoms with van der Waals surface area (Å²) in [6, 6.07) is 9.76. The number of ether oxygens (including phenoxy) is 1. The number of hydrogen-bond acceptors (Lipinski definition) is 7. The summed E-state index contributed by atoms with van der Waals surface area (Å²) in [5.74, 6) is 0.697. The highest BCUT2D eigenvalue weighted by Crippen LogP contribution is 2.23. The number of carbonyl (C=O) groups excluding carboxylic acids is 1. The van der Waals surface area contributed by atoms with Gasteiger partial charge in [0.25, 0.3) is 10.0 Å². The number of nitrogens with zero attached hydrogens (tertiary/aromatic N) is 3. The molecule has 2 aliphatic rings. The van der Waals surface area contributed by atoms with E-state index in [1.165, 1.54) is 6.07 Å². The summed E-state index contributed by atoms with van der Waals surface area (Å²) in [6.07, 6.45) is 1.75. The molecule has 4 rings (SSSR count). The minimum Gasteiger partial charge on any atom is -0.378 e. The maximum atomic E-state index is 12.9. The molecule has 1 saturated heterocycles. The van der Waals surface area contributed by atoms with E-state index in [9.17, 15) is 13.2 Å². The molecule has 1 aromatic carbocycles. The van der Waals surface area contributed by atoms with Gasteiger partial charge in [0.05, 0.1) is 18.1 Å². The molecule has 2 aliphatic heterocycles. The van der Waals surface area contributed by atoms with Gasteiger partial charge >= 0.3 is 0 Å². The van der Waals surface area contributed by atoms with E-state index in [0.29, 0.717) is 25.3 Å². The summed E-state index contributed by atoms with van der Waals surface area (Å²) in [7, 11) is -3.65. The van der Waals surface area contributed by atoms with Crippen molar-refractivity contribution in [3.63, 3.8) is 0 Å². The smallest absolute Gasteiger partial charge is 0.263 e. The van der Waals surface area contributed by atoms with Gasteiger partial charge in [-0.25, -0.2) is 13.4 Å². The Morgan fingerprint density at radius 2 is 1.97 bits per heavy atom. The minimum absolute atomic E-state index is 0.124. The molecule has 2 N–H and O–H groups in total. The Kier molecular flexibility index (Phi) is 6.43. The summed E-state index contributed by atoms with van der Waals surface area (Å²) < 4.78 is 32.5. The number of aromatic nitrogens is 1. The van der Waals surface area contributed by atoms with Gasteiger partial charge in [-0.1, -0.05) is 32.0 Å². The molecule has 32 heavy (non-hydrogen) atoms. The molecular weight excluding hydrogens is 430 g/mol. The first-order chi connectivity index (χ1) is 15.3. The summed E-state index contributed by atoms with van der Waals surface area (Å²) in [5.41, 5.74) is 1.35. The van der Waals surface area contributed by atoms with Crippen LogP contribution in [-0.4, -0.2) is 57.5 Å². The lowest BCUT2D eigenvalue weighted by atomic mass is 10.0. The van der Waals surface area contributed by atoms with Gasteiger partial charge in [-0.15, -0.1) is 0 Å². The Labute approximate surface area is 188 Å². The number of amidine groups is 1. The summed E-state index contributed by atoms with van der Waals surface area (Å²) in [5, 5.41) is 2.90. The molecule has 0 unspecified atom stereocenters. The normalized spacial score (nSPS) is 19.5. The lowest BCUT2D eigenvalue weighted by Gasteiger charge is -2.27. The molecule has 1 atom stereocenters. The molecule has 3 heterocycles. The predicted octanol–water partition coefficient (Wildman–Crippen LogP) is 1.30. The maximum Gasteiger partial charge on any atom is 0.263 e. The number of benzene rings is 1. The number of rotatable bonds is 6. The molecule has 170 valence electrons. The highest BCUT2D eigenvalue weighted by Gasteiger charge is 2.32. The van der Waals surface area contributed by atoms with E-state index >= 15 is 0 Å². The van der Waals surface area contributed by atoms with Crippen molar-refractivity contribution in [1.29, 1.82) is 0 Å². The number of anilines is 1. The number of aliphatic imine (C=N–C) groups is 1. The Morgan fingerprint density at radius 3 is 2.66 bits per heavy atom. The third-order valence-corrected chi connectivity index (χ3v) is 6.84. The number of amides is 1. The fourth-order valence-electron chi connectivity index (χ4n) is 3.67. The van der Waals surface area contributed by atoms with Crippen LogP contribution in [0.2, 0.25) is 0 Å². The van der Waals surface area contributed by atoms with Crippen molar-refractivity contribution >= 4 is 27.6 Å². The van der Waals surface area contributed by atoms with Crippen LogP contribution in [0.5, 0.6) is 0 Å². The SMILES string of the molecule is CC(C)[C@H](N=C1NS(=O)(=O)c2ccccc21)C(=O)NCc1ccc(N2CCOCC2)nc1. The molecule has 0 aliphatic carbocycles. The molecule has 0 saturated carbocycles. The molecule has 0 radical (unpaired) electrons. The van der Waals surface area contributed by atoms with Crippen LogP contribution in [0.25, 0.3) is 0 Å². The Balaban J connectivity index is 1.44. The van der Waals surface area contributed by atoms with Crippen molar-refractivity contribution in [3.8, 4) is 0 Å². The van der Waals surface area contributed by atoms with Crippen LogP contribution in [0.15, 0.2) is 52.5 Å². The van der Waals surface area contributed by atoms with Gasteiger partial charge in [0, 0.05) is 31.4 Å². The molecular formula is C22H27N5O4S. The van der Waals surface area contributed by atoms with Crippen molar-refractivity contribution in [2.75, 3.05) is 31.2 Å². The van der Waals surface area contributed by atoms with Gasteiger partial charge in [0.2, 0.25) is 5.91 Å². The van der Waals surface area contributed by atoms with Crippen molar-refractivity contribution in [1.82, 2.24) is 15.0 Å². The van der Waals surface area contributed by atoms with Crippen LogP contribution < -0.4 is 14.9 Å². The average Bonchev–Trinajstić information content (AvgIpc) is 3.06. The minimum atomic E-state index is -3.65. The van der Waals surface area contributed by atoms with Crippen LogP contribution >= 0.6 is 0 Å². The lowest BCUT2D eigenvalue weighted by molar-refractivity contribution is -0.123. The molecule has 9 nitrogen and oxygen atoms in total. The third kappa shape index (κ3) is 4.76. The third-order valence-electron chi connectivity index (χ3n) is 5.44. The van der Waals surface area contributed by atoms with Crippen LogP contribution in [-0.2, 0) is 26.1 Å². The molecule has 1 fully saturated rings. The number of carbonyl (C=O) groups is 1. The lowest BCUT2D eigenvalue weighted by Crippen LogP contribution is -2.38. The van der Waals surface area contributed by atoms with Crippen LogP contribution in [0.3, 0.4) is 0 Å². The van der Waals surface area contributed by atoms with Gasteiger partial charge in [-0.05, 0) is 29.7 Å². The average molecular weight is 458 g/mol. The summed E-state index contributed by atoms with van der Waals surface area (Å²) >= 11 is 0. The Morgan fingerprint density at radius 1 is 1.22 bits per heavy atom. The van der Waals surface area contributed by atoms with Gasteiger partial charge in [0.1, 0.15) is 17.7 Å².